The van der Waals surface area contributed by atoms with Crippen LogP contribution in [0, 0.1) is 0 Å². The van der Waals surface area contributed by atoms with Crippen LogP contribution in [0.1, 0.15) is 52.9 Å². The van der Waals surface area contributed by atoms with E-state index in [0.29, 0.717) is 0 Å². The molecule has 0 fully saturated rings. The molecule has 0 saturated carbocycles. The molecule has 1 amide bonds. The Labute approximate surface area is 128 Å². The number of hydrogen-bond acceptors (Lipinski definition) is 5. The molecule has 0 saturated heterocycles. The van der Waals surface area contributed by atoms with Gasteiger partial charge in [-0.25, -0.2) is 4.98 Å². The number of rotatable bonds is 4. The average Bonchev–Trinajstić information content (AvgIpc) is 3.14. The fourth-order valence-corrected chi connectivity index (χ4v) is 2.69. The van der Waals surface area contributed by atoms with Gasteiger partial charge in [0.15, 0.2) is 5.69 Å². The summed E-state index contributed by atoms with van der Waals surface area (Å²) in [7, 11) is 0. The Hall–Kier alpha value is -2.18. The minimum atomic E-state index is -0.795. The molecule has 3 unspecified atom stereocenters. The maximum atomic E-state index is 12.3. The molecule has 0 bridgehead atoms. The first kappa shape index (κ1) is 14.7. The lowest BCUT2D eigenvalue weighted by Crippen LogP contribution is -2.28. The average molecular weight is 301 g/mol. The molecule has 3 rings (SSSR count). The Kier molecular flexibility index (Phi) is 3.96. The van der Waals surface area contributed by atoms with Crippen molar-refractivity contribution < 1.29 is 14.3 Å². The highest BCUT2D eigenvalue weighted by Gasteiger charge is 2.26. The molecule has 1 aliphatic carbocycles. The topological polar surface area (TPSA) is 101 Å². The van der Waals surface area contributed by atoms with E-state index in [4.69, 9.17) is 10.2 Å². The molecule has 1 heterocycles. The van der Waals surface area contributed by atoms with Crippen LogP contribution in [0.15, 0.2) is 34.9 Å². The Morgan fingerprint density at radius 3 is 3.05 bits per heavy atom. The van der Waals surface area contributed by atoms with E-state index in [2.05, 4.69) is 16.4 Å². The van der Waals surface area contributed by atoms with Gasteiger partial charge in [-0.1, -0.05) is 24.3 Å². The molecule has 3 atom stereocenters. The van der Waals surface area contributed by atoms with Crippen molar-refractivity contribution in [2.75, 3.05) is 0 Å². The van der Waals surface area contributed by atoms with E-state index in [1.165, 1.54) is 11.8 Å². The number of benzene rings is 1. The standard InChI is InChI=1S/C16H19N3O3/c1-9(20)14(17)16-19-13(8-22-16)15(21)18-12-7-6-10-4-2-3-5-11(10)12/h2-5,8-9,12,14,20H,6-7,17H2,1H3,(H,18,21). The van der Waals surface area contributed by atoms with E-state index in [1.54, 1.807) is 6.92 Å². The molecule has 6 nitrogen and oxygen atoms in total. The summed E-state index contributed by atoms with van der Waals surface area (Å²) in [4.78, 5) is 16.3. The lowest BCUT2D eigenvalue weighted by Gasteiger charge is -2.13. The molecule has 0 radical (unpaired) electrons. The predicted molar refractivity (Wildman–Crippen MR) is 80.1 cm³/mol. The van der Waals surface area contributed by atoms with E-state index in [9.17, 15) is 9.90 Å². The van der Waals surface area contributed by atoms with Gasteiger partial charge < -0.3 is 20.6 Å². The molecule has 0 spiro atoms. The van der Waals surface area contributed by atoms with Gasteiger partial charge in [0.05, 0.1) is 12.1 Å². The predicted octanol–water partition coefficient (Wildman–Crippen LogP) is 1.47. The second kappa shape index (κ2) is 5.90. The number of aryl methyl sites for hydroxylation is 1. The maximum absolute atomic E-state index is 12.3. The molecule has 22 heavy (non-hydrogen) atoms. The van der Waals surface area contributed by atoms with Gasteiger partial charge in [0.1, 0.15) is 12.3 Å². The number of nitrogens with two attached hydrogens (primary N) is 1. The van der Waals surface area contributed by atoms with Gasteiger partial charge in [-0.05, 0) is 30.9 Å². The van der Waals surface area contributed by atoms with E-state index >= 15 is 0 Å². The van der Waals surface area contributed by atoms with Crippen molar-refractivity contribution in [3.63, 3.8) is 0 Å². The van der Waals surface area contributed by atoms with Crippen LogP contribution in [-0.4, -0.2) is 22.1 Å². The normalized spacial score (nSPS) is 19.5. The second-order valence-corrected chi connectivity index (χ2v) is 5.60. The molecule has 116 valence electrons. The Morgan fingerprint density at radius 1 is 1.50 bits per heavy atom. The van der Waals surface area contributed by atoms with Crippen molar-refractivity contribution in [2.24, 2.45) is 5.73 Å². The zero-order chi connectivity index (χ0) is 15.7. The third kappa shape index (κ3) is 2.75. The number of nitrogens with zero attached hydrogens (tertiary/aromatic N) is 1. The summed E-state index contributed by atoms with van der Waals surface area (Å²) in [6.07, 6.45) is 2.31. The van der Waals surface area contributed by atoms with Crippen LogP contribution in [0.2, 0.25) is 0 Å². The number of carbonyl (C=O) groups excluding carboxylic acids is 1. The van der Waals surface area contributed by atoms with Crippen LogP contribution >= 0.6 is 0 Å². The summed E-state index contributed by atoms with van der Waals surface area (Å²) in [5, 5.41) is 12.4. The number of nitrogens with one attached hydrogen (secondary N) is 1. The first-order valence-electron chi connectivity index (χ1n) is 7.34. The molecule has 0 aliphatic heterocycles. The Morgan fingerprint density at radius 2 is 2.27 bits per heavy atom. The summed E-state index contributed by atoms with van der Waals surface area (Å²) in [5.41, 5.74) is 8.34. The van der Waals surface area contributed by atoms with Crippen LogP contribution in [0.5, 0.6) is 0 Å². The highest BCUT2D eigenvalue weighted by molar-refractivity contribution is 5.92. The number of carbonyl (C=O) groups is 1. The highest BCUT2D eigenvalue weighted by atomic mass is 16.3. The van der Waals surface area contributed by atoms with Gasteiger partial charge in [-0.3, -0.25) is 4.79 Å². The number of oxazole rings is 1. The van der Waals surface area contributed by atoms with E-state index in [1.807, 2.05) is 18.2 Å². The largest absolute Gasteiger partial charge is 0.446 e. The summed E-state index contributed by atoms with van der Waals surface area (Å²) in [6.45, 7) is 1.55. The molecule has 6 heteroatoms. The molecule has 4 N–H and O–H groups in total. The van der Waals surface area contributed by atoms with Crippen molar-refractivity contribution in [1.82, 2.24) is 10.3 Å². The van der Waals surface area contributed by atoms with Crippen LogP contribution in [0.3, 0.4) is 0 Å². The summed E-state index contributed by atoms with van der Waals surface area (Å²) in [5.74, 6) is -0.138. The van der Waals surface area contributed by atoms with Crippen molar-refractivity contribution in [1.29, 1.82) is 0 Å². The smallest absolute Gasteiger partial charge is 0.273 e. The number of hydrogen-bond donors (Lipinski definition) is 3. The minimum Gasteiger partial charge on any atom is -0.446 e. The van der Waals surface area contributed by atoms with Crippen LogP contribution in [0.4, 0.5) is 0 Å². The fraction of sp³-hybridized carbons (Fsp3) is 0.375. The SMILES string of the molecule is CC(O)C(N)c1nc(C(=O)NC2CCc3ccccc32)co1. The van der Waals surface area contributed by atoms with Crippen LogP contribution in [0.25, 0.3) is 0 Å². The van der Waals surface area contributed by atoms with E-state index in [-0.39, 0.29) is 23.5 Å². The maximum Gasteiger partial charge on any atom is 0.273 e. The molecule has 1 aliphatic rings. The first-order valence-corrected chi connectivity index (χ1v) is 7.34. The Balaban J connectivity index is 1.71. The lowest BCUT2D eigenvalue weighted by atomic mass is 10.1. The molecule has 1 aromatic carbocycles. The van der Waals surface area contributed by atoms with Crippen molar-refractivity contribution >= 4 is 5.91 Å². The molecule has 2 aromatic rings. The van der Waals surface area contributed by atoms with Crippen molar-refractivity contribution in [3.05, 3.63) is 53.2 Å². The highest BCUT2D eigenvalue weighted by Crippen LogP contribution is 2.30. The van der Waals surface area contributed by atoms with Gasteiger partial charge in [0.2, 0.25) is 5.89 Å². The van der Waals surface area contributed by atoms with E-state index in [0.717, 1.165) is 18.4 Å². The molecular formula is C16H19N3O3. The second-order valence-electron chi connectivity index (χ2n) is 5.60. The number of fused-ring (bicyclic) bond motifs is 1. The number of amides is 1. The number of aliphatic hydroxyl groups excluding tert-OH is 1. The summed E-state index contributed by atoms with van der Waals surface area (Å²) < 4.78 is 5.19. The van der Waals surface area contributed by atoms with Crippen molar-refractivity contribution in [3.8, 4) is 0 Å². The third-order valence-corrected chi connectivity index (χ3v) is 4.00. The van der Waals surface area contributed by atoms with Gasteiger partial charge in [0, 0.05) is 0 Å². The molecule has 1 aromatic heterocycles. The number of aromatic nitrogens is 1. The van der Waals surface area contributed by atoms with Crippen LogP contribution in [-0.2, 0) is 6.42 Å². The Bertz CT molecular complexity index is 681. The summed E-state index contributed by atoms with van der Waals surface area (Å²) in [6, 6.07) is 7.34. The quantitative estimate of drug-likeness (QED) is 0.794. The van der Waals surface area contributed by atoms with Gasteiger partial charge in [0.25, 0.3) is 5.91 Å². The van der Waals surface area contributed by atoms with Gasteiger partial charge >= 0.3 is 0 Å². The monoisotopic (exact) mass is 301 g/mol. The van der Waals surface area contributed by atoms with Crippen LogP contribution < -0.4 is 11.1 Å². The molecular weight excluding hydrogens is 282 g/mol. The first-order chi connectivity index (χ1) is 10.6. The minimum absolute atomic E-state index is 0.00529. The number of aliphatic hydroxyl groups is 1. The zero-order valence-electron chi connectivity index (χ0n) is 12.3. The van der Waals surface area contributed by atoms with E-state index < -0.39 is 12.1 Å². The lowest BCUT2D eigenvalue weighted by molar-refractivity contribution is 0.0931. The zero-order valence-corrected chi connectivity index (χ0v) is 12.3. The third-order valence-electron chi connectivity index (χ3n) is 4.00. The summed E-state index contributed by atoms with van der Waals surface area (Å²) >= 11 is 0. The van der Waals surface area contributed by atoms with Gasteiger partial charge in [-0.2, -0.15) is 0 Å². The van der Waals surface area contributed by atoms with Gasteiger partial charge in [-0.15, -0.1) is 0 Å². The fourth-order valence-electron chi connectivity index (χ4n) is 2.69. The van der Waals surface area contributed by atoms with Crippen molar-refractivity contribution in [2.45, 2.75) is 38.0 Å².